The average molecular weight is 365 g/mol. The Morgan fingerprint density at radius 2 is 1.96 bits per heavy atom. The Labute approximate surface area is 158 Å². The lowest BCUT2D eigenvalue weighted by atomic mass is 10.1. The van der Waals surface area contributed by atoms with E-state index in [1.165, 1.54) is 5.56 Å². The van der Waals surface area contributed by atoms with Crippen molar-refractivity contribution in [3.8, 4) is 5.75 Å². The number of aldehydes is 1. The fraction of sp³-hybridized carbons (Fsp3) is 0.364. The molecule has 0 saturated carbocycles. The number of carbonyl (C=O) groups is 2. The van der Waals surface area contributed by atoms with Crippen LogP contribution in [0.1, 0.15) is 44.7 Å². The summed E-state index contributed by atoms with van der Waals surface area (Å²) in [4.78, 5) is 23.4. The third kappa shape index (κ3) is 4.19. The molecule has 0 aromatic heterocycles. The van der Waals surface area contributed by atoms with Crippen molar-refractivity contribution in [2.75, 3.05) is 13.2 Å². The second-order valence-electron chi connectivity index (χ2n) is 7.20. The van der Waals surface area contributed by atoms with E-state index in [0.29, 0.717) is 17.7 Å². The van der Waals surface area contributed by atoms with Crippen molar-refractivity contribution in [1.29, 1.82) is 0 Å². The molecule has 0 unspecified atom stereocenters. The number of hydrogen-bond acceptors (Lipinski definition) is 4. The largest absolute Gasteiger partial charge is 0.491 e. The minimum atomic E-state index is -0.0888. The van der Waals surface area contributed by atoms with Crippen LogP contribution in [0.15, 0.2) is 42.5 Å². The van der Waals surface area contributed by atoms with Crippen LogP contribution < -0.4 is 10.1 Å². The maximum absolute atomic E-state index is 12.5. The van der Waals surface area contributed by atoms with E-state index in [1.807, 2.05) is 30.3 Å². The van der Waals surface area contributed by atoms with Gasteiger partial charge in [0.25, 0.3) is 5.91 Å². The zero-order valence-electron chi connectivity index (χ0n) is 15.1. The van der Waals surface area contributed by atoms with Crippen LogP contribution in [0.4, 0.5) is 0 Å². The molecule has 4 rings (SSSR count). The highest BCUT2D eigenvalue weighted by atomic mass is 16.5. The highest BCUT2D eigenvalue weighted by molar-refractivity contribution is 5.94. The number of nitrogens with one attached hydrogen (secondary N) is 1. The van der Waals surface area contributed by atoms with E-state index in [9.17, 15) is 9.59 Å². The first-order valence-corrected chi connectivity index (χ1v) is 9.43. The summed E-state index contributed by atoms with van der Waals surface area (Å²) in [6.45, 7) is 1.36. The van der Waals surface area contributed by atoms with Crippen LogP contribution in [0.2, 0.25) is 0 Å². The van der Waals surface area contributed by atoms with Crippen LogP contribution in [0.5, 0.6) is 5.75 Å². The maximum Gasteiger partial charge on any atom is 0.251 e. The van der Waals surface area contributed by atoms with Gasteiger partial charge in [-0.25, -0.2) is 0 Å². The number of rotatable bonds is 6. The third-order valence-electron chi connectivity index (χ3n) is 5.21. The fourth-order valence-electron chi connectivity index (χ4n) is 3.75. The first-order chi connectivity index (χ1) is 13.2. The van der Waals surface area contributed by atoms with Crippen molar-refractivity contribution in [3.05, 3.63) is 64.7 Å². The molecule has 0 spiro atoms. The summed E-state index contributed by atoms with van der Waals surface area (Å²) in [6, 6.07) is 13.0. The van der Waals surface area contributed by atoms with Gasteiger partial charge in [0.05, 0.1) is 6.10 Å². The monoisotopic (exact) mass is 365 g/mol. The molecule has 27 heavy (non-hydrogen) atoms. The molecule has 140 valence electrons. The average Bonchev–Trinajstić information content (AvgIpc) is 3.35. The predicted octanol–water partition coefficient (Wildman–Crippen LogP) is 2.95. The van der Waals surface area contributed by atoms with Crippen LogP contribution in [0.25, 0.3) is 0 Å². The summed E-state index contributed by atoms with van der Waals surface area (Å²) in [7, 11) is 0. The van der Waals surface area contributed by atoms with Gasteiger partial charge in [-0.3, -0.25) is 9.59 Å². The Balaban J connectivity index is 1.31. The number of carbonyl (C=O) groups excluding carboxylic acids is 2. The molecule has 5 heteroatoms. The van der Waals surface area contributed by atoms with Gasteiger partial charge in [0, 0.05) is 23.8 Å². The van der Waals surface area contributed by atoms with Crippen LogP contribution in [0, 0.1) is 0 Å². The van der Waals surface area contributed by atoms with Crippen LogP contribution in [0.3, 0.4) is 0 Å². The Morgan fingerprint density at radius 3 is 2.70 bits per heavy atom. The van der Waals surface area contributed by atoms with E-state index in [4.69, 9.17) is 9.47 Å². The molecule has 1 N–H and O–H groups in total. The zero-order valence-corrected chi connectivity index (χ0v) is 15.1. The maximum atomic E-state index is 12.5. The van der Waals surface area contributed by atoms with E-state index in [1.54, 1.807) is 12.1 Å². The van der Waals surface area contributed by atoms with E-state index < -0.39 is 0 Å². The number of ether oxygens (including phenoxy) is 2. The molecule has 1 fully saturated rings. The van der Waals surface area contributed by atoms with Crippen molar-refractivity contribution in [2.24, 2.45) is 0 Å². The standard InChI is InChI=1S/C22H23NO4/c24-13-15-3-4-17-11-19(12-18(17)10-15)23-22(25)16-5-7-20(8-6-16)27-14-21-2-1-9-26-21/h3-8,10,13,19,21H,1-2,9,11-12,14H2,(H,23,25)/t19-,21+/m1/s1. The summed E-state index contributed by atoms with van der Waals surface area (Å²) < 4.78 is 11.3. The van der Waals surface area contributed by atoms with Crippen molar-refractivity contribution in [3.63, 3.8) is 0 Å². The number of benzene rings is 2. The normalized spacial score (nSPS) is 20.9. The first kappa shape index (κ1) is 17.7. The smallest absolute Gasteiger partial charge is 0.251 e. The van der Waals surface area contributed by atoms with Gasteiger partial charge in [-0.05, 0) is 67.1 Å². The Kier molecular flexibility index (Phi) is 5.21. The molecule has 2 aromatic rings. The van der Waals surface area contributed by atoms with Crippen molar-refractivity contribution in [1.82, 2.24) is 5.32 Å². The minimum absolute atomic E-state index is 0.0600. The second-order valence-corrected chi connectivity index (χ2v) is 7.20. The summed E-state index contributed by atoms with van der Waals surface area (Å²) in [5, 5.41) is 3.09. The topological polar surface area (TPSA) is 64.6 Å². The molecular formula is C22H23NO4. The molecule has 0 bridgehead atoms. The van der Waals surface area contributed by atoms with Gasteiger partial charge < -0.3 is 14.8 Å². The van der Waals surface area contributed by atoms with Gasteiger partial charge in [-0.15, -0.1) is 0 Å². The predicted molar refractivity (Wildman–Crippen MR) is 101 cm³/mol. The number of amides is 1. The molecule has 0 radical (unpaired) electrons. The van der Waals surface area contributed by atoms with Crippen molar-refractivity contribution < 1.29 is 19.1 Å². The fourth-order valence-corrected chi connectivity index (χ4v) is 3.75. The van der Waals surface area contributed by atoms with Crippen LogP contribution >= 0.6 is 0 Å². The molecule has 5 nitrogen and oxygen atoms in total. The van der Waals surface area contributed by atoms with Gasteiger partial charge in [0.2, 0.25) is 0 Å². The van der Waals surface area contributed by atoms with E-state index in [2.05, 4.69) is 5.32 Å². The summed E-state index contributed by atoms with van der Waals surface area (Å²) in [6.07, 6.45) is 4.72. The molecule has 1 amide bonds. The Hall–Kier alpha value is -2.66. The molecule has 1 heterocycles. The lowest BCUT2D eigenvalue weighted by molar-refractivity contribution is 0.0679. The SMILES string of the molecule is O=Cc1ccc2c(c1)C[C@H](NC(=O)c1ccc(OC[C@@H]3CCCO3)cc1)C2. The summed E-state index contributed by atoms with van der Waals surface area (Å²) in [5.41, 5.74) is 3.63. The minimum Gasteiger partial charge on any atom is -0.491 e. The molecule has 1 saturated heterocycles. The van der Waals surface area contributed by atoms with E-state index in [0.717, 1.165) is 49.9 Å². The third-order valence-corrected chi connectivity index (χ3v) is 5.21. The van der Waals surface area contributed by atoms with Gasteiger partial charge in [-0.2, -0.15) is 0 Å². The Morgan fingerprint density at radius 1 is 1.15 bits per heavy atom. The highest BCUT2D eigenvalue weighted by Gasteiger charge is 2.23. The quantitative estimate of drug-likeness (QED) is 0.800. The summed E-state index contributed by atoms with van der Waals surface area (Å²) in [5.74, 6) is 0.658. The molecule has 2 aromatic carbocycles. The highest BCUT2D eigenvalue weighted by Crippen LogP contribution is 2.23. The van der Waals surface area contributed by atoms with Gasteiger partial charge >= 0.3 is 0 Å². The van der Waals surface area contributed by atoms with Gasteiger partial charge in [-0.1, -0.05) is 12.1 Å². The van der Waals surface area contributed by atoms with E-state index in [-0.39, 0.29) is 18.1 Å². The van der Waals surface area contributed by atoms with Gasteiger partial charge in [0.1, 0.15) is 18.6 Å². The van der Waals surface area contributed by atoms with Crippen molar-refractivity contribution in [2.45, 2.75) is 37.8 Å². The first-order valence-electron chi connectivity index (χ1n) is 9.43. The van der Waals surface area contributed by atoms with Gasteiger partial charge in [0.15, 0.2) is 0 Å². The van der Waals surface area contributed by atoms with E-state index >= 15 is 0 Å². The number of hydrogen-bond donors (Lipinski definition) is 1. The lowest BCUT2D eigenvalue weighted by Crippen LogP contribution is -2.35. The molecule has 2 aliphatic rings. The zero-order chi connectivity index (χ0) is 18.6. The molecule has 1 aliphatic carbocycles. The lowest BCUT2D eigenvalue weighted by Gasteiger charge is -2.13. The molecule has 2 atom stereocenters. The second kappa shape index (κ2) is 7.92. The van der Waals surface area contributed by atoms with Crippen molar-refractivity contribution >= 4 is 12.2 Å². The van der Waals surface area contributed by atoms with Crippen LogP contribution in [-0.4, -0.2) is 37.6 Å². The Bertz CT molecular complexity index is 825. The number of fused-ring (bicyclic) bond motifs is 1. The molecular weight excluding hydrogens is 342 g/mol. The summed E-state index contributed by atoms with van der Waals surface area (Å²) >= 11 is 0. The van der Waals surface area contributed by atoms with Crippen LogP contribution in [-0.2, 0) is 17.6 Å². The molecule has 1 aliphatic heterocycles.